The number of cyclic esters (lactones) is 1. The molecule has 2 N–H and O–H groups in total. The van der Waals surface area contributed by atoms with Crippen LogP contribution in [0.2, 0.25) is 0 Å². The van der Waals surface area contributed by atoms with Crippen LogP contribution in [-0.2, 0) is 80.8 Å². The summed E-state index contributed by atoms with van der Waals surface area (Å²) in [6, 6.07) is 0. The monoisotopic (exact) mass is 1110 g/mol. The maximum absolute atomic E-state index is 15.7. The summed E-state index contributed by atoms with van der Waals surface area (Å²) in [7, 11) is 4.21. The van der Waals surface area contributed by atoms with Gasteiger partial charge in [0, 0.05) is 63.6 Å². The van der Waals surface area contributed by atoms with Crippen molar-refractivity contribution in [3.63, 3.8) is 0 Å². The second kappa shape index (κ2) is 26.5. The number of rotatable bonds is 15. The lowest BCUT2D eigenvalue weighted by Crippen LogP contribution is -2.59. The van der Waals surface area contributed by atoms with Crippen LogP contribution in [0.15, 0.2) is 23.9 Å². The lowest BCUT2D eigenvalue weighted by Gasteiger charge is -2.46. The number of nitrogens with zero attached hydrogens (tertiary/aromatic N) is 3. The van der Waals surface area contributed by atoms with E-state index >= 15 is 9.59 Å². The van der Waals surface area contributed by atoms with Gasteiger partial charge in [-0.2, -0.15) is 0 Å². The summed E-state index contributed by atoms with van der Waals surface area (Å²) in [5, 5.41) is 26.7. The Kier molecular flexibility index (Phi) is 21.3. The van der Waals surface area contributed by atoms with Gasteiger partial charge in [-0.1, -0.05) is 53.6 Å². The molecule has 2 unspecified atom stereocenters. The zero-order valence-electron chi connectivity index (χ0n) is 48.0. The highest BCUT2D eigenvalue weighted by atomic mass is 16.8. The van der Waals surface area contributed by atoms with Crippen molar-refractivity contribution in [2.75, 3.05) is 27.9 Å². The lowest BCUT2D eigenvalue weighted by molar-refractivity contribution is -0.305. The maximum atomic E-state index is 15.7. The number of hydrogen-bond acceptors (Lipinski definition) is 23. The molecule has 0 spiro atoms. The number of fused-ring (bicyclic) bond motifs is 1. The Morgan fingerprint density at radius 2 is 1.51 bits per heavy atom. The van der Waals surface area contributed by atoms with Crippen molar-refractivity contribution in [1.29, 1.82) is 0 Å². The van der Waals surface area contributed by atoms with E-state index in [2.05, 4.69) is 10.1 Å². The van der Waals surface area contributed by atoms with Crippen molar-refractivity contribution >= 4 is 35.7 Å². The van der Waals surface area contributed by atoms with E-state index in [0.29, 0.717) is 0 Å². The molecule has 1 aromatic heterocycles. The van der Waals surface area contributed by atoms with Crippen LogP contribution in [0.25, 0.3) is 0 Å². The van der Waals surface area contributed by atoms with Crippen LogP contribution in [0.3, 0.4) is 0 Å². The Bertz CT molecular complexity index is 2220. The zero-order valence-corrected chi connectivity index (χ0v) is 48.0. The summed E-state index contributed by atoms with van der Waals surface area (Å²) in [5.41, 5.74) is -2.97. The van der Waals surface area contributed by atoms with Crippen LogP contribution in [0.5, 0.6) is 0 Å². The summed E-state index contributed by atoms with van der Waals surface area (Å²) in [5.74, 6) is -8.09. The summed E-state index contributed by atoms with van der Waals surface area (Å²) < 4.78 is 81.9. The van der Waals surface area contributed by atoms with Crippen LogP contribution >= 0.6 is 0 Å². The molecule has 5 saturated heterocycles. The molecule has 0 aliphatic carbocycles. The molecule has 6 heterocycles. The first-order valence-corrected chi connectivity index (χ1v) is 27.1. The van der Waals surface area contributed by atoms with Gasteiger partial charge in [0.15, 0.2) is 42.0 Å². The van der Waals surface area contributed by atoms with Crippen molar-refractivity contribution in [2.45, 2.75) is 219 Å². The first kappa shape index (κ1) is 62.8. The van der Waals surface area contributed by atoms with Gasteiger partial charge in [0.2, 0.25) is 0 Å². The third kappa shape index (κ3) is 14.2. The number of Topliss-reactive ketones (excluding diaryl/α,β-unsaturated/α-hetero) is 1. The molecular weight excluding hydrogens is 1030 g/mol. The molecule has 5 aliphatic heterocycles. The maximum Gasteiger partial charge on any atom is 0.509 e. The normalized spacial score (nSPS) is 41.9. The van der Waals surface area contributed by atoms with Crippen LogP contribution in [-0.4, -0.2) is 187 Å². The second-order valence-corrected chi connectivity index (χ2v) is 22.9. The SMILES string of the molecule is CON=C1C[C@@H](C)O[C@@H](O[C@@H]2[C@@H](C)[C@H](O[C@H]3C[C@@]4(C)OC(=O)O[C@H]4[C@H](C)O3)C(C)C(=O)O[C@H]([C@@H](C)COC3O[C@H](C)[C@@H](O)[C@@H](OC)[C@H]3OC)[C@H](C)[C@@H](OC(=O)CC(C)C)[C@@H](C)C(=O)[C@@](C)(OC(=O)n3ccnc3)C[C@@H]2C)[C@@H]1O. The second-order valence-electron chi connectivity index (χ2n) is 22.9. The van der Waals surface area contributed by atoms with Crippen LogP contribution < -0.4 is 0 Å². The molecule has 0 amide bonds. The molecule has 24 heteroatoms. The van der Waals surface area contributed by atoms with Crippen LogP contribution in [0.4, 0.5) is 9.59 Å². The Balaban J connectivity index is 1.51. The first-order chi connectivity index (χ1) is 36.7. The molecule has 0 aromatic carbocycles. The lowest BCUT2D eigenvalue weighted by atomic mass is 9.74. The van der Waals surface area contributed by atoms with E-state index in [-0.39, 0.29) is 43.9 Å². The number of oxime groups is 1. The fourth-order valence-electron chi connectivity index (χ4n) is 11.9. The minimum absolute atomic E-state index is 0.0178. The third-order valence-electron chi connectivity index (χ3n) is 15.9. The predicted octanol–water partition coefficient (Wildman–Crippen LogP) is 5.14. The molecule has 24 nitrogen and oxygen atoms in total. The van der Waals surface area contributed by atoms with E-state index in [4.69, 9.17) is 66.4 Å². The fourth-order valence-corrected chi connectivity index (χ4v) is 11.9. The number of imidazole rings is 1. The predicted molar refractivity (Wildman–Crippen MR) is 272 cm³/mol. The summed E-state index contributed by atoms with van der Waals surface area (Å²) >= 11 is 0. The van der Waals surface area contributed by atoms with Gasteiger partial charge in [0.05, 0.1) is 54.7 Å². The number of carbonyl (C=O) groups is 5. The average molecular weight is 1110 g/mol. The molecule has 0 radical (unpaired) electrons. The quantitative estimate of drug-likeness (QED) is 0.131. The number of hydrogen-bond donors (Lipinski definition) is 2. The minimum atomic E-state index is -2.02. The first-order valence-electron chi connectivity index (χ1n) is 27.1. The number of aliphatic hydroxyl groups is 2. The standard InChI is InChI=1S/C54H85N3O21/c1-25(2)19-36(58)72-42-30(7)41(27(4)23-68-50-45(66-15)44(65-14)38(59)33(10)71-50)74-48(62)32(9)43(73-37-22-54(13)47(34(11)70-37)76-52(64)78-54)29(6)40(75-49-39(60)35(56-67-16)20-28(5)69-49)26(3)21-53(12,46(61)31(42)8)77-51(63)57-18-17-55-24-57/h17-18,24-34,37-45,47,49-50,59-60H,19-23H2,1-16H3/t26-,27-,28+,29+,30-,31+,32?,33+,34-,37-,38+,39+,40-,41+,42+,43-,44+,45+,47-,49-,50?,53-,54+/m0/s1. The topological polar surface area (TPSA) is 285 Å². The van der Waals surface area contributed by atoms with Crippen molar-refractivity contribution in [2.24, 2.45) is 46.6 Å². The highest BCUT2D eigenvalue weighted by molar-refractivity contribution is 5.92. The molecule has 23 atom stereocenters. The van der Waals surface area contributed by atoms with Gasteiger partial charge in [-0.05, 0) is 59.8 Å². The molecule has 6 rings (SSSR count). The van der Waals surface area contributed by atoms with Crippen molar-refractivity contribution in [1.82, 2.24) is 9.55 Å². The van der Waals surface area contributed by atoms with Gasteiger partial charge in [0.25, 0.3) is 0 Å². The molecule has 78 heavy (non-hydrogen) atoms. The van der Waals surface area contributed by atoms with E-state index < -0.39 is 169 Å². The molecule has 5 aliphatic rings. The van der Waals surface area contributed by atoms with Crippen LogP contribution in [0.1, 0.15) is 116 Å². The number of aromatic nitrogens is 2. The van der Waals surface area contributed by atoms with Gasteiger partial charge in [-0.15, -0.1) is 0 Å². The molecule has 1 aromatic rings. The third-order valence-corrected chi connectivity index (χ3v) is 15.9. The van der Waals surface area contributed by atoms with Gasteiger partial charge < -0.3 is 76.6 Å². The number of methoxy groups -OCH3 is 2. The van der Waals surface area contributed by atoms with E-state index in [1.54, 1.807) is 69.2 Å². The smallest absolute Gasteiger partial charge is 0.461 e. The minimum Gasteiger partial charge on any atom is -0.461 e. The highest BCUT2D eigenvalue weighted by Gasteiger charge is 2.58. The van der Waals surface area contributed by atoms with Gasteiger partial charge in [-0.3, -0.25) is 14.4 Å². The fraction of sp³-hybridized carbons (Fsp3) is 0.833. The van der Waals surface area contributed by atoms with E-state index in [1.807, 2.05) is 13.8 Å². The van der Waals surface area contributed by atoms with Crippen LogP contribution in [0, 0.1) is 41.4 Å². The van der Waals surface area contributed by atoms with E-state index in [1.165, 1.54) is 47.0 Å². The Morgan fingerprint density at radius 1 is 0.821 bits per heavy atom. The van der Waals surface area contributed by atoms with E-state index in [9.17, 15) is 24.6 Å². The largest absolute Gasteiger partial charge is 0.509 e. The molecule has 442 valence electrons. The molecule has 0 bridgehead atoms. The molecule has 5 fully saturated rings. The summed E-state index contributed by atoms with van der Waals surface area (Å²) in [6.07, 6.45) is -13.3. The number of carbonyl (C=O) groups excluding carboxylic acids is 5. The number of ether oxygens (including phenoxy) is 13. The Morgan fingerprint density at radius 3 is 2.14 bits per heavy atom. The zero-order chi connectivity index (χ0) is 57.7. The number of aliphatic hydroxyl groups excluding tert-OH is 2. The Hall–Kier alpha value is -4.37. The Labute approximate surface area is 456 Å². The van der Waals surface area contributed by atoms with Crippen molar-refractivity contribution in [3.05, 3.63) is 18.7 Å². The van der Waals surface area contributed by atoms with Gasteiger partial charge in [-0.25, -0.2) is 19.1 Å². The molecular formula is C54H85N3O21. The molecule has 0 saturated carbocycles. The van der Waals surface area contributed by atoms with Crippen molar-refractivity contribution in [3.8, 4) is 0 Å². The van der Waals surface area contributed by atoms with E-state index in [0.717, 1.165) is 4.57 Å². The highest BCUT2D eigenvalue weighted by Crippen LogP contribution is 2.44. The van der Waals surface area contributed by atoms with Gasteiger partial charge >= 0.3 is 24.2 Å². The van der Waals surface area contributed by atoms with Gasteiger partial charge in [0.1, 0.15) is 50.1 Å². The number of esters is 2. The van der Waals surface area contributed by atoms with Crippen molar-refractivity contribution < 1.29 is 101 Å². The summed E-state index contributed by atoms with van der Waals surface area (Å²) in [6.45, 7) is 22.0. The summed E-state index contributed by atoms with van der Waals surface area (Å²) in [4.78, 5) is 80.8. The average Bonchev–Trinajstić information content (AvgIpc) is 4.09. The number of ketones is 1.